The molecule has 0 spiro atoms. The predicted octanol–water partition coefficient (Wildman–Crippen LogP) is 5.26. The Labute approximate surface area is 378 Å². The van der Waals surface area contributed by atoms with Gasteiger partial charge in [0.2, 0.25) is 23.6 Å². The molecule has 3 heterocycles. The molecule has 6 N–H and O–H groups in total. The van der Waals surface area contributed by atoms with E-state index in [1.807, 2.05) is 115 Å². The molecule has 14 nitrogen and oxygen atoms in total. The van der Waals surface area contributed by atoms with Gasteiger partial charge in [-0.15, -0.1) is 0 Å². The highest BCUT2D eigenvalue weighted by atomic mass is 16.2. The van der Waals surface area contributed by atoms with Gasteiger partial charge in [0.1, 0.15) is 29.7 Å². The van der Waals surface area contributed by atoms with Crippen molar-refractivity contribution in [3.63, 3.8) is 0 Å². The van der Waals surface area contributed by atoms with E-state index in [2.05, 4.69) is 20.9 Å². The molecule has 4 aromatic carbocycles. The Morgan fingerprint density at radius 1 is 0.769 bits per heavy atom. The molecular formula is C51H56N8O6. The molecule has 0 bridgehead atoms. The Bertz CT molecular complexity index is 2550. The minimum absolute atomic E-state index is 0.137. The number of ketones is 1. The van der Waals surface area contributed by atoms with Crippen LogP contribution in [0.25, 0.3) is 10.9 Å². The lowest BCUT2D eigenvalue weighted by molar-refractivity contribution is -0.142. The van der Waals surface area contributed by atoms with Gasteiger partial charge in [-0.25, -0.2) is 4.98 Å². The highest BCUT2D eigenvalue weighted by Gasteiger charge is 2.41. The van der Waals surface area contributed by atoms with Gasteiger partial charge in [-0.3, -0.25) is 28.8 Å². The van der Waals surface area contributed by atoms with Gasteiger partial charge in [0.05, 0.1) is 17.6 Å². The number of nitrogens with one attached hydrogen (secondary N) is 4. The Balaban J connectivity index is 1.23. The molecule has 1 aliphatic heterocycles. The minimum atomic E-state index is -1.39. The van der Waals surface area contributed by atoms with Crippen molar-refractivity contribution < 1.29 is 28.8 Å². The number of nitrogens with zero attached hydrogens (tertiary/aromatic N) is 3. The van der Waals surface area contributed by atoms with Gasteiger partial charge >= 0.3 is 0 Å². The van der Waals surface area contributed by atoms with Crippen LogP contribution < -0.4 is 21.7 Å². The van der Waals surface area contributed by atoms with Crippen molar-refractivity contribution in [2.45, 2.75) is 83.1 Å². The van der Waals surface area contributed by atoms with Crippen LogP contribution >= 0.6 is 0 Å². The Morgan fingerprint density at radius 3 is 1.91 bits per heavy atom. The van der Waals surface area contributed by atoms with Crippen LogP contribution in [0.15, 0.2) is 134 Å². The van der Waals surface area contributed by atoms with Crippen molar-refractivity contribution in [3.05, 3.63) is 162 Å². The first-order valence-corrected chi connectivity index (χ1v) is 22.2. The largest absolute Gasteiger partial charge is 0.368 e. The molecule has 336 valence electrons. The number of para-hydroxylation sites is 1. The molecule has 5 atom stereocenters. The van der Waals surface area contributed by atoms with Crippen molar-refractivity contribution >= 4 is 46.2 Å². The van der Waals surface area contributed by atoms with Crippen LogP contribution in [0, 0.1) is 11.8 Å². The summed E-state index contributed by atoms with van der Waals surface area (Å²) in [4.78, 5) is 92.1. The van der Waals surface area contributed by atoms with Crippen LogP contribution in [0.1, 0.15) is 79.7 Å². The van der Waals surface area contributed by atoms with Gasteiger partial charge in [-0.1, -0.05) is 143 Å². The van der Waals surface area contributed by atoms with Gasteiger partial charge in [0.15, 0.2) is 0 Å². The highest BCUT2D eigenvalue weighted by molar-refractivity contribution is 6.45. The molecule has 0 unspecified atom stereocenters. The molecule has 5 amide bonds. The Hall–Kier alpha value is -7.35. The number of H-pyrrole nitrogens is 1. The van der Waals surface area contributed by atoms with Gasteiger partial charge in [0.25, 0.3) is 11.7 Å². The number of primary amides is 1. The van der Waals surface area contributed by atoms with E-state index in [4.69, 9.17) is 10.7 Å². The molecule has 0 radical (unpaired) electrons. The lowest BCUT2D eigenvalue weighted by Crippen LogP contribution is -2.60. The summed E-state index contributed by atoms with van der Waals surface area (Å²) >= 11 is 0. The molecule has 14 heteroatoms. The lowest BCUT2D eigenvalue weighted by atomic mass is 9.77. The molecule has 7 rings (SSSR count). The number of aromatic amines is 1. The average Bonchev–Trinajstić information content (AvgIpc) is 4.11. The van der Waals surface area contributed by atoms with E-state index in [0.29, 0.717) is 42.4 Å². The van der Waals surface area contributed by atoms with Crippen LogP contribution in [-0.2, 0) is 35.9 Å². The van der Waals surface area contributed by atoms with E-state index in [-0.39, 0.29) is 17.9 Å². The summed E-state index contributed by atoms with van der Waals surface area (Å²) in [5.74, 6) is -5.07. The number of fused-ring (bicyclic) bond motifs is 1. The molecular weight excluding hydrogens is 821 g/mol. The number of Topliss-reactive ketones (excluding diaryl/α,β-unsaturated/α-hetero) is 1. The molecule has 2 aromatic heterocycles. The topological polar surface area (TPSA) is 201 Å². The number of hydrogen-bond donors (Lipinski definition) is 5. The zero-order chi connectivity index (χ0) is 46.3. The van der Waals surface area contributed by atoms with Crippen LogP contribution in [0.2, 0.25) is 0 Å². The van der Waals surface area contributed by atoms with Gasteiger partial charge < -0.3 is 36.1 Å². The second-order valence-electron chi connectivity index (χ2n) is 17.1. The first-order chi connectivity index (χ1) is 31.3. The van der Waals surface area contributed by atoms with Crippen LogP contribution in [0.5, 0.6) is 0 Å². The smallest absolute Gasteiger partial charge is 0.293 e. The van der Waals surface area contributed by atoms with E-state index in [1.165, 1.54) is 11.1 Å². The lowest BCUT2D eigenvalue weighted by Gasteiger charge is -2.37. The van der Waals surface area contributed by atoms with E-state index in [0.717, 1.165) is 16.7 Å². The second kappa shape index (κ2) is 20.0. The second-order valence-corrected chi connectivity index (χ2v) is 17.1. The molecule has 1 fully saturated rings. The van der Waals surface area contributed by atoms with Gasteiger partial charge in [0, 0.05) is 36.3 Å². The van der Waals surface area contributed by atoms with E-state index in [9.17, 15) is 28.8 Å². The monoisotopic (exact) mass is 876 g/mol. The molecule has 65 heavy (non-hydrogen) atoms. The first kappa shape index (κ1) is 45.7. The van der Waals surface area contributed by atoms with Crippen LogP contribution in [-0.4, -0.2) is 85.5 Å². The van der Waals surface area contributed by atoms with Crippen LogP contribution in [0.3, 0.4) is 0 Å². The number of hydrogen-bond acceptors (Lipinski definition) is 7. The maximum atomic E-state index is 14.7. The number of carbonyl (C=O) groups excluding carboxylic acids is 6. The number of rotatable bonds is 18. The molecule has 1 aliphatic rings. The van der Waals surface area contributed by atoms with Crippen LogP contribution in [0.4, 0.5) is 0 Å². The normalized spacial score (nSPS) is 15.8. The number of benzene rings is 4. The molecule has 0 aliphatic carbocycles. The highest BCUT2D eigenvalue weighted by Crippen LogP contribution is 2.41. The molecule has 0 saturated carbocycles. The third-order valence-electron chi connectivity index (χ3n) is 12.6. The summed E-state index contributed by atoms with van der Waals surface area (Å²) in [5.41, 5.74) is 8.77. The third-order valence-corrected chi connectivity index (χ3v) is 12.6. The zero-order valence-electron chi connectivity index (χ0n) is 37.1. The van der Waals surface area contributed by atoms with Crippen molar-refractivity contribution in [3.8, 4) is 0 Å². The van der Waals surface area contributed by atoms with Gasteiger partial charge in [-0.05, 0) is 47.4 Å². The van der Waals surface area contributed by atoms with Crippen molar-refractivity contribution in [1.29, 1.82) is 0 Å². The summed E-state index contributed by atoms with van der Waals surface area (Å²) in [6, 6.07) is 32.7. The average molecular weight is 877 g/mol. The predicted molar refractivity (Wildman–Crippen MR) is 247 cm³/mol. The number of imidazole rings is 1. The van der Waals surface area contributed by atoms with E-state index in [1.54, 1.807) is 45.3 Å². The van der Waals surface area contributed by atoms with Crippen molar-refractivity contribution in [1.82, 2.24) is 35.4 Å². The number of likely N-dealkylation sites (tertiary alicyclic amines) is 1. The van der Waals surface area contributed by atoms with Crippen molar-refractivity contribution in [2.75, 3.05) is 6.54 Å². The van der Waals surface area contributed by atoms with Crippen molar-refractivity contribution in [2.24, 2.45) is 17.6 Å². The Morgan fingerprint density at radius 2 is 1.34 bits per heavy atom. The zero-order valence-corrected chi connectivity index (χ0v) is 37.1. The maximum Gasteiger partial charge on any atom is 0.293 e. The SMILES string of the molecule is CC[C@H](C)[C@H](NC(=O)[C@H](Cc1cn(C(c2ccccc2)(c2ccccc2)c2ccccc2)cn1)NC(=O)C(=O)c1c[nH]c2ccccc12)C(=O)N[C@H](C(=O)N1CCC[C@H]1C(N)=O)C(C)C. The third kappa shape index (κ3) is 9.47. The quantitative estimate of drug-likeness (QED) is 0.0440. The fourth-order valence-electron chi connectivity index (χ4n) is 8.88. The number of carbonyl (C=O) groups is 6. The fraction of sp³-hybridized carbons (Fsp3) is 0.314. The fourth-order valence-corrected chi connectivity index (χ4v) is 8.88. The van der Waals surface area contributed by atoms with E-state index >= 15 is 0 Å². The summed E-state index contributed by atoms with van der Waals surface area (Å²) in [5, 5.41) is 8.98. The minimum Gasteiger partial charge on any atom is -0.368 e. The summed E-state index contributed by atoms with van der Waals surface area (Å²) in [6.07, 6.45) is 6.33. The molecule has 6 aromatic rings. The summed E-state index contributed by atoms with van der Waals surface area (Å²) < 4.78 is 1.98. The standard InChI is InChI=1S/C51H56N8O6/c1-5-33(4)44(48(63)56-43(32(2)3)50(65)59-27-17-26-42(59)46(52)61)57-47(62)41(55-49(64)45(60)39-29-53-40-25-16-15-24-38(39)40)28-37-30-58(31-54-37)51(34-18-9-6-10-19-34,35-20-11-7-12-21-35)36-22-13-8-14-23-36/h6-16,18-25,29-33,41-44,53H,5,17,26-28H2,1-4H3,(H2,52,61)(H,55,64)(H,56,63)(H,57,62)/t33-,41-,42-,43-,44-/m0/s1. The van der Waals surface area contributed by atoms with Gasteiger partial charge in [-0.2, -0.15) is 0 Å². The summed E-state index contributed by atoms with van der Waals surface area (Å²) in [7, 11) is 0. The number of aromatic nitrogens is 3. The number of amides is 5. The number of nitrogens with two attached hydrogens (primary N) is 1. The summed E-state index contributed by atoms with van der Waals surface area (Å²) in [6.45, 7) is 7.56. The van der Waals surface area contributed by atoms with E-state index < -0.39 is 70.9 Å². The maximum absolute atomic E-state index is 14.7. The Kier molecular flexibility index (Phi) is 14.1. The molecule has 1 saturated heterocycles. The first-order valence-electron chi connectivity index (χ1n) is 22.2.